The van der Waals surface area contributed by atoms with Crippen LogP contribution in [0.3, 0.4) is 0 Å². The van der Waals surface area contributed by atoms with E-state index in [1.54, 1.807) is 10.6 Å². The molecule has 3 rings (SSSR count). The predicted octanol–water partition coefficient (Wildman–Crippen LogP) is 3.69. The van der Waals surface area contributed by atoms with Gasteiger partial charge in [0.05, 0.1) is 24.0 Å². The molecule has 5 heteroatoms. The van der Waals surface area contributed by atoms with E-state index in [1.807, 2.05) is 6.07 Å². The van der Waals surface area contributed by atoms with Gasteiger partial charge in [-0.1, -0.05) is 19.8 Å². The number of aldehydes is 1. The molecule has 21 heavy (non-hydrogen) atoms. The Bertz CT molecular complexity index is 713. The fourth-order valence-corrected chi connectivity index (χ4v) is 3.11. The van der Waals surface area contributed by atoms with E-state index in [9.17, 15) is 4.79 Å². The number of rotatable bonds is 3. The second-order valence-electron chi connectivity index (χ2n) is 5.70. The smallest absolute Gasteiger partial charge is 0.231 e. The lowest BCUT2D eigenvalue weighted by molar-refractivity contribution is 0.111. The molecule has 1 saturated carbocycles. The van der Waals surface area contributed by atoms with E-state index in [2.05, 4.69) is 22.2 Å². The summed E-state index contributed by atoms with van der Waals surface area (Å²) < 4.78 is 1.59. The van der Waals surface area contributed by atoms with Crippen LogP contribution in [0.4, 0.5) is 11.4 Å². The van der Waals surface area contributed by atoms with Gasteiger partial charge in [0.2, 0.25) is 5.69 Å². The molecule has 1 N–H and O–H groups in total. The highest BCUT2D eigenvalue weighted by Gasteiger charge is 2.23. The lowest BCUT2D eigenvalue weighted by Gasteiger charge is -2.31. The highest BCUT2D eigenvalue weighted by molar-refractivity contribution is 5.87. The second-order valence-corrected chi connectivity index (χ2v) is 5.70. The van der Waals surface area contributed by atoms with Crippen LogP contribution in [0, 0.1) is 12.5 Å². The number of nitrogens with one attached hydrogen (secondary N) is 1. The first kappa shape index (κ1) is 13.6. The summed E-state index contributed by atoms with van der Waals surface area (Å²) in [6, 6.07) is 3.96. The summed E-state index contributed by atoms with van der Waals surface area (Å²) in [6.07, 6.45) is 7.15. The van der Waals surface area contributed by atoms with E-state index in [0.29, 0.717) is 23.3 Å². The Morgan fingerprint density at radius 3 is 2.95 bits per heavy atom. The Hall–Kier alpha value is -2.35. The minimum Gasteiger partial charge on any atom is -0.389 e. The molecular formula is C16H18N4O. The molecule has 1 aliphatic rings. The van der Waals surface area contributed by atoms with Crippen molar-refractivity contribution in [1.29, 1.82) is 0 Å². The van der Waals surface area contributed by atoms with Crippen LogP contribution in [0.5, 0.6) is 0 Å². The van der Waals surface area contributed by atoms with Gasteiger partial charge in [0, 0.05) is 6.04 Å². The monoisotopic (exact) mass is 282 g/mol. The third-order valence-electron chi connectivity index (χ3n) is 4.37. The van der Waals surface area contributed by atoms with Crippen LogP contribution >= 0.6 is 0 Å². The molecule has 0 spiro atoms. The van der Waals surface area contributed by atoms with E-state index < -0.39 is 0 Å². The third-order valence-corrected chi connectivity index (χ3v) is 4.37. The van der Waals surface area contributed by atoms with E-state index in [1.165, 1.54) is 25.5 Å². The zero-order valence-electron chi connectivity index (χ0n) is 12.0. The van der Waals surface area contributed by atoms with Crippen molar-refractivity contribution < 1.29 is 4.79 Å². The zero-order chi connectivity index (χ0) is 14.8. The number of nitrogens with zero attached hydrogens (tertiary/aromatic N) is 3. The van der Waals surface area contributed by atoms with Gasteiger partial charge in [-0.15, -0.1) is 0 Å². The molecule has 0 amide bonds. The lowest BCUT2D eigenvalue weighted by atomic mass is 9.86. The minimum atomic E-state index is 0.375. The molecule has 0 bridgehead atoms. The Morgan fingerprint density at radius 2 is 2.24 bits per heavy atom. The molecule has 5 nitrogen and oxygen atoms in total. The number of carbonyl (C=O) groups excluding carboxylic acids is 1. The molecule has 2 aromatic rings. The maximum Gasteiger partial charge on any atom is 0.231 e. The first-order valence-electron chi connectivity index (χ1n) is 7.34. The molecule has 0 aliphatic heterocycles. The first-order valence-corrected chi connectivity index (χ1v) is 7.34. The first-order chi connectivity index (χ1) is 10.2. The van der Waals surface area contributed by atoms with Crippen LogP contribution in [-0.2, 0) is 0 Å². The molecule has 0 radical (unpaired) electrons. The van der Waals surface area contributed by atoms with Gasteiger partial charge in [0.15, 0.2) is 6.29 Å². The standard InChI is InChI=1S/C16H18N4O/c1-11-5-3-4-6-13(11)19-16-14(17-2)9-18-20-12(10-21)7-8-15(16)20/h7-11,13,19H,3-6H2,1H3. The van der Waals surface area contributed by atoms with E-state index in [4.69, 9.17) is 6.57 Å². The maximum absolute atomic E-state index is 11.0. The van der Waals surface area contributed by atoms with Gasteiger partial charge in [-0.3, -0.25) is 4.79 Å². The molecule has 108 valence electrons. The molecule has 1 aliphatic carbocycles. The summed E-state index contributed by atoms with van der Waals surface area (Å²) in [5.74, 6) is 0.589. The molecule has 2 heterocycles. The van der Waals surface area contributed by atoms with Crippen molar-refractivity contribution in [3.8, 4) is 0 Å². The summed E-state index contributed by atoms with van der Waals surface area (Å²) >= 11 is 0. The second kappa shape index (κ2) is 5.57. The van der Waals surface area contributed by atoms with Crippen molar-refractivity contribution in [2.24, 2.45) is 5.92 Å². The Morgan fingerprint density at radius 1 is 1.43 bits per heavy atom. The fraction of sp³-hybridized carbons (Fsp3) is 0.438. The van der Waals surface area contributed by atoms with Crippen LogP contribution in [0.1, 0.15) is 43.1 Å². The van der Waals surface area contributed by atoms with Crippen LogP contribution in [0.25, 0.3) is 10.4 Å². The average molecular weight is 282 g/mol. The van der Waals surface area contributed by atoms with Crippen molar-refractivity contribution in [1.82, 2.24) is 9.61 Å². The minimum absolute atomic E-state index is 0.375. The van der Waals surface area contributed by atoms with Gasteiger partial charge in [-0.25, -0.2) is 9.36 Å². The molecule has 2 atom stereocenters. The Kier molecular flexibility index (Phi) is 3.61. The third kappa shape index (κ3) is 2.38. The van der Waals surface area contributed by atoms with Gasteiger partial charge in [-0.05, 0) is 30.9 Å². The lowest BCUT2D eigenvalue weighted by Crippen LogP contribution is -2.30. The van der Waals surface area contributed by atoms with E-state index in [-0.39, 0.29) is 0 Å². The number of anilines is 1. The summed E-state index contributed by atoms with van der Waals surface area (Å²) in [7, 11) is 0. The van der Waals surface area contributed by atoms with Crippen molar-refractivity contribution >= 4 is 23.2 Å². The molecule has 1 fully saturated rings. The number of carbonyl (C=O) groups is 1. The van der Waals surface area contributed by atoms with E-state index >= 15 is 0 Å². The topological polar surface area (TPSA) is 50.8 Å². The van der Waals surface area contributed by atoms with Gasteiger partial charge < -0.3 is 5.32 Å². The molecular weight excluding hydrogens is 264 g/mol. The molecule has 2 unspecified atom stereocenters. The number of hydrogen-bond acceptors (Lipinski definition) is 3. The van der Waals surface area contributed by atoms with Crippen LogP contribution in [0.15, 0.2) is 18.3 Å². The normalized spacial score (nSPS) is 21.9. The highest BCUT2D eigenvalue weighted by atomic mass is 16.1. The summed E-state index contributed by atoms with van der Waals surface area (Å²) in [5.41, 5.74) is 2.60. The van der Waals surface area contributed by atoms with Crippen LogP contribution in [-0.4, -0.2) is 21.9 Å². The molecule has 2 aromatic heterocycles. The van der Waals surface area contributed by atoms with Crippen molar-refractivity contribution in [3.05, 3.63) is 35.4 Å². The maximum atomic E-state index is 11.0. The number of hydrogen-bond donors (Lipinski definition) is 1. The number of aromatic nitrogens is 2. The Labute approximate surface area is 123 Å². The zero-order valence-corrected chi connectivity index (χ0v) is 12.0. The average Bonchev–Trinajstić information content (AvgIpc) is 2.93. The van der Waals surface area contributed by atoms with Gasteiger partial charge in [0.1, 0.15) is 5.69 Å². The summed E-state index contributed by atoms with van der Waals surface area (Å²) in [6.45, 7) is 9.60. The molecule has 0 aromatic carbocycles. The summed E-state index contributed by atoms with van der Waals surface area (Å²) in [5, 5.41) is 7.73. The van der Waals surface area contributed by atoms with Crippen molar-refractivity contribution in [3.63, 3.8) is 0 Å². The van der Waals surface area contributed by atoms with Crippen molar-refractivity contribution in [2.45, 2.75) is 38.6 Å². The fourth-order valence-electron chi connectivity index (χ4n) is 3.11. The largest absolute Gasteiger partial charge is 0.389 e. The van der Waals surface area contributed by atoms with Crippen LogP contribution < -0.4 is 5.32 Å². The van der Waals surface area contributed by atoms with Crippen LogP contribution in [0.2, 0.25) is 0 Å². The Balaban J connectivity index is 2.05. The van der Waals surface area contributed by atoms with E-state index in [0.717, 1.165) is 23.9 Å². The predicted molar refractivity (Wildman–Crippen MR) is 81.9 cm³/mol. The SMILES string of the molecule is [C-]#[N+]c1cnn2c(C=O)ccc2c1NC1CCCCC1C. The van der Waals surface area contributed by atoms with Gasteiger partial charge >= 0.3 is 0 Å². The quantitative estimate of drug-likeness (QED) is 0.690. The number of fused-ring (bicyclic) bond motifs is 1. The summed E-state index contributed by atoms with van der Waals surface area (Å²) in [4.78, 5) is 14.6. The van der Waals surface area contributed by atoms with Gasteiger partial charge in [-0.2, -0.15) is 5.10 Å². The van der Waals surface area contributed by atoms with Crippen molar-refractivity contribution in [2.75, 3.05) is 5.32 Å². The highest BCUT2D eigenvalue weighted by Crippen LogP contribution is 2.34. The molecule has 0 saturated heterocycles. The van der Waals surface area contributed by atoms with Gasteiger partial charge in [0.25, 0.3) is 0 Å².